The van der Waals surface area contributed by atoms with Crippen LogP contribution in [0.2, 0.25) is 0 Å². The zero-order chi connectivity index (χ0) is 12.7. The molecule has 0 saturated heterocycles. The zero-order valence-corrected chi connectivity index (χ0v) is 10.7. The number of carbonyl (C=O) groups is 1. The quantitative estimate of drug-likeness (QED) is 0.626. The van der Waals surface area contributed by atoms with E-state index in [0.717, 1.165) is 17.0 Å². The van der Waals surface area contributed by atoms with Crippen molar-refractivity contribution in [3.8, 4) is 0 Å². The Kier molecular flexibility index (Phi) is 5.88. The Morgan fingerprint density at radius 3 is 3.00 bits per heavy atom. The number of thiazole rings is 1. The fourth-order valence-electron chi connectivity index (χ4n) is 1.33. The Labute approximate surface area is 103 Å². The van der Waals surface area contributed by atoms with Crippen LogP contribution in [0.4, 0.5) is 0 Å². The summed E-state index contributed by atoms with van der Waals surface area (Å²) in [7, 11) is 1.59. The molecular weight excluding hydrogens is 242 g/mol. The smallest absolute Gasteiger partial charge is 0.304 e. The van der Waals surface area contributed by atoms with E-state index in [1.54, 1.807) is 12.5 Å². The van der Waals surface area contributed by atoms with E-state index in [-0.39, 0.29) is 23.4 Å². The molecule has 0 aromatic carbocycles. The van der Waals surface area contributed by atoms with Crippen molar-refractivity contribution in [2.45, 2.75) is 19.5 Å². The molecule has 0 bridgehead atoms. The third-order valence-electron chi connectivity index (χ3n) is 2.00. The molecule has 1 unspecified atom stereocenters. The van der Waals surface area contributed by atoms with Gasteiger partial charge in [-0.15, -0.1) is 0 Å². The number of aromatic amines is 1. The monoisotopic (exact) mass is 259 g/mol. The Balaban J connectivity index is 2.18. The third kappa shape index (κ3) is 5.62. The molecule has 0 aliphatic heterocycles. The Morgan fingerprint density at radius 1 is 1.65 bits per heavy atom. The molecule has 1 atom stereocenters. The fraction of sp³-hybridized carbons (Fsp3) is 0.600. The number of H-pyrrole nitrogens is 1. The highest BCUT2D eigenvalue weighted by Gasteiger charge is 2.06. The standard InChI is InChI=1S/C10H17N3O3S/c1-7(5-16-2)12-9(14)4-11-3-8-6-17-10(15)13-8/h6-7,11H,3-5H2,1-2H3,(H,12,14)(H,13,15). The van der Waals surface area contributed by atoms with Gasteiger partial charge in [0.05, 0.1) is 13.2 Å². The number of ether oxygens (including phenoxy) is 1. The van der Waals surface area contributed by atoms with Gasteiger partial charge in [0.1, 0.15) is 0 Å². The number of rotatable bonds is 7. The van der Waals surface area contributed by atoms with E-state index in [4.69, 9.17) is 4.74 Å². The molecule has 1 amide bonds. The van der Waals surface area contributed by atoms with Gasteiger partial charge in [0.25, 0.3) is 0 Å². The van der Waals surface area contributed by atoms with Gasteiger partial charge in [0.2, 0.25) is 5.91 Å². The summed E-state index contributed by atoms with van der Waals surface area (Å²) < 4.78 is 4.91. The fourth-order valence-corrected chi connectivity index (χ4v) is 1.91. The second-order valence-corrected chi connectivity index (χ2v) is 4.54. The predicted molar refractivity (Wildman–Crippen MR) is 66.1 cm³/mol. The van der Waals surface area contributed by atoms with Gasteiger partial charge in [-0.05, 0) is 6.92 Å². The molecule has 3 N–H and O–H groups in total. The maximum absolute atomic E-state index is 11.4. The van der Waals surface area contributed by atoms with Crippen molar-refractivity contribution in [2.75, 3.05) is 20.3 Å². The summed E-state index contributed by atoms with van der Waals surface area (Å²) in [5, 5.41) is 7.46. The SMILES string of the molecule is COCC(C)NC(=O)CNCc1csc(=O)[nH]1. The van der Waals surface area contributed by atoms with Crippen LogP contribution in [-0.4, -0.2) is 37.2 Å². The van der Waals surface area contributed by atoms with Gasteiger partial charge in [-0.25, -0.2) is 0 Å². The van der Waals surface area contributed by atoms with Gasteiger partial charge in [-0.2, -0.15) is 0 Å². The maximum Gasteiger partial charge on any atom is 0.304 e. The van der Waals surface area contributed by atoms with Crippen LogP contribution in [-0.2, 0) is 16.1 Å². The highest BCUT2D eigenvalue weighted by atomic mass is 32.1. The molecule has 7 heteroatoms. The number of hydrogen-bond acceptors (Lipinski definition) is 5. The minimum atomic E-state index is -0.0906. The Hall–Kier alpha value is -1.18. The normalized spacial score (nSPS) is 12.4. The van der Waals surface area contributed by atoms with Gasteiger partial charge in [0, 0.05) is 30.8 Å². The first kappa shape index (κ1) is 13.9. The van der Waals surface area contributed by atoms with Gasteiger partial charge in [-0.1, -0.05) is 11.3 Å². The van der Waals surface area contributed by atoms with Crippen LogP contribution >= 0.6 is 11.3 Å². The molecule has 0 spiro atoms. The lowest BCUT2D eigenvalue weighted by molar-refractivity contribution is -0.121. The van der Waals surface area contributed by atoms with Crippen molar-refractivity contribution < 1.29 is 9.53 Å². The largest absolute Gasteiger partial charge is 0.383 e. The second-order valence-electron chi connectivity index (χ2n) is 3.70. The lowest BCUT2D eigenvalue weighted by Crippen LogP contribution is -2.40. The average molecular weight is 259 g/mol. The molecular formula is C10H17N3O3S. The van der Waals surface area contributed by atoms with Crippen molar-refractivity contribution >= 4 is 17.2 Å². The number of aromatic nitrogens is 1. The molecule has 0 radical (unpaired) electrons. The van der Waals surface area contributed by atoms with E-state index in [0.29, 0.717) is 13.2 Å². The van der Waals surface area contributed by atoms with Crippen molar-refractivity contribution in [1.82, 2.24) is 15.6 Å². The van der Waals surface area contributed by atoms with E-state index in [1.165, 1.54) is 0 Å². The Morgan fingerprint density at radius 2 is 2.41 bits per heavy atom. The van der Waals surface area contributed by atoms with Crippen LogP contribution in [0.15, 0.2) is 10.2 Å². The van der Waals surface area contributed by atoms with Gasteiger partial charge < -0.3 is 20.4 Å². The molecule has 0 aliphatic rings. The summed E-state index contributed by atoms with van der Waals surface area (Å²) in [4.78, 5) is 24.8. The predicted octanol–water partition coefficient (Wildman–Crippen LogP) is -0.323. The Bertz CT molecular complexity index is 402. The summed E-state index contributed by atoms with van der Waals surface area (Å²) in [5.74, 6) is -0.0906. The first-order chi connectivity index (χ1) is 8.11. The average Bonchev–Trinajstić information content (AvgIpc) is 2.64. The number of methoxy groups -OCH3 is 1. The summed E-state index contributed by atoms with van der Waals surface area (Å²) in [6.45, 7) is 3.05. The topological polar surface area (TPSA) is 83.2 Å². The lowest BCUT2D eigenvalue weighted by atomic mass is 10.3. The van der Waals surface area contributed by atoms with E-state index in [2.05, 4.69) is 15.6 Å². The molecule has 1 aromatic heterocycles. The minimum absolute atomic E-state index is 0.00439. The third-order valence-corrected chi connectivity index (χ3v) is 2.71. The van der Waals surface area contributed by atoms with Crippen LogP contribution in [0.3, 0.4) is 0 Å². The van der Waals surface area contributed by atoms with Crippen molar-refractivity contribution in [1.29, 1.82) is 0 Å². The molecule has 0 saturated carbocycles. The van der Waals surface area contributed by atoms with E-state index >= 15 is 0 Å². The lowest BCUT2D eigenvalue weighted by Gasteiger charge is -2.12. The molecule has 17 heavy (non-hydrogen) atoms. The molecule has 96 valence electrons. The molecule has 0 aliphatic carbocycles. The van der Waals surface area contributed by atoms with Gasteiger partial charge in [-0.3, -0.25) is 9.59 Å². The summed E-state index contributed by atoms with van der Waals surface area (Å²) in [6.07, 6.45) is 0. The minimum Gasteiger partial charge on any atom is -0.383 e. The van der Waals surface area contributed by atoms with E-state index in [1.807, 2.05) is 6.92 Å². The summed E-state index contributed by atoms with van der Waals surface area (Å²) >= 11 is 1.11. The van der Waals surface area contributed by atoms with Crippen LogP contribution in [0.1, 0.15) is 12.6 Å². The van der Waals surface area contributed by atoms with Crippen molar-refractivity contribution in [3.05, 3.63) is 20.7 Å². The second kappa shape index (κ2) is 7.21. The summed E-state index contributed by atoms with van der Waals surface area (Å²) in [6, 6.07) is -0.00439. The highest BCUT2D eigenvalue weighted by molar-refractivity contribution is 7.07. The van der Waals surface area contributed by atoms with Crippen LogP contribution in [0.5, 0.6) is 0 Å². The van der Waals surface area contributed by atoms with Gasteiger partial charge >= 0.3 is 4.87 Å². The zero-order valence-electron chi connectivity index (χ0n) is 9.91. The highest BCUT2D eigenvalue weighted by Crippen LogP contribution is 1.93. The van der Waals surface area contributed by atoms with E-state index < -0.39 is 0 Å². The van der Waals surface area contributed by atoms with Crippen molar-refractivity contribution in [2.24, 2.45) is 0 Å². The molecule has 1 heterocycles. The number of carbonyl (C=O) groups excluding carboxylic acids is 1. The molecule has 1 rings (SSSR count). The maximum atomic E-state index is 11.4. The molecule has 6 nitrogen and oxygen atoms in total. The number of amides is 1. The van der Waals surface area contributed by atoms with Crippen LogP contribution < -0.4 is 15.5 Å². The number of hydrogen-bond donors (Lipinski definition) is 3. The first-order valence-electron chi connectivity index (χ1n) is 5.27. The van der Waals surface area contributed by atoms with Gasteiger partial charge in [0.15, 0.2) is 0 Å². The van der Waals surface area contributed by atoms with E-state index in [9.17, 15) is 9.59 Å². The first-order valence-corrected chi connectivity index (χ1v) is 6.15. The molecule has 0 fully saturated rings. The summed E-state index contributed by atoms with van der Waals surface area (Å²) in [5.41, 5.74) is 0.790. The van der Waals surface area contributed by atoms with Crippen molar-refractivity contribution in [3.63, 3.8) is 0 Å². The van der Waals surface area contributed by atoms with Crippen LogP contribution in [0, 0.1) is 0 Å². The number of nitrogens with one attached hydrogen (secondary N) is 3. The molecule has 1 aromatic rings. The van der Waals surface area contributed by atoms with Crippen LogP contribution in [0.25, 0.3) is 0 Å².